The monoisotopic (exact) mass is 532 g/mol. The molecule has 1 aromatic carbocycles. The molecule has 2 rings (SSSR count). The normalized spacial score (nSPS) is 16.5. The fourth-order valence-electron chi connectivity index (χ4n) is 2.95. The summed E-state index contributed by atoms with van der Waals surface area (Å²) in [5, 5.41) is 6.28. The SMILES string of the molecule is CN=C(NCc1ccccc1OC(F)F)NCC1CCN(S(C)(=O)=O)CC1.I. The molecule has 0 bridgehead atoms. The summed E-state index contributed by atoms with van der Waals surface area (Å²) < 4.78 is 54.0. The molecular weight excluding hydrogens is 505 g/mol. The molecule has 28 heavy (non-hydrogen) atoms. The van der Waals surface area contributed by atoms with Crippen LogP contribution in [0.25, 0.3) is 0 Å². The third-order valence-electron chi connectivity index (χ3n) is 4.46. The smallest absolute Gasteiger partial charge is 0.387 e. The van der Waals surface area contributed by atoms with Gasteiger partial charge in [-0.1, -0.05) is 18.2 Å². The quantitative estimate of drug-likeness (QED) is 0.320. The standard InChI is InChI=1S/C17H26F2N4O3S.HI/c1-20-17(21-11-13-7-9-23(10-8-13)27(2,24)25)22-12-14-5-3-4-6-15(14)26-16(18)19;/h3-6,13,16H,7-12H2,1-2H3,(H2,20,21,22);1H. The molecule has 7 nitrogen and oxygen atoms in total. The molecule has 1 aromatic rings. The largest absolute Gasteiger partial charge is 0.434 e. The van der Waals surface area contributed by atoms with E-state index in [9.17, 15) is 17.2 Å². The number of halogens is 3. The molecule has 0 unspecified atom stereocenters. The third kappa shape index (κ3) is 8.03. The highest BCUT2D eigenvalue weighted by molar-refractivity contribution is 14.0. The van der Waals surface area contributed by atoms with Crippen LogP contribution in [0.4, 0.5) is 8.78 Å². The van der Waals surface area contributed by atoms with Crippen molar-refractivity contribution in [3.8, 4) is 5.75 Å². The zero-order valence-corrected chi connectivity index (χ0v) is 19.0. The van der Waals surface area contributed by atoms with Gasteiger partial charge in [0.1, 0.15) is 5.75 Å². The number of nitrogens with zero attached hydrogens (tertiary/aromatic N) is 2. The Balaban J connectivity index is 0.00000392. The van der Waals surface area contributed by atoms with Gasteiger partial charge in [0.25, 0.3) is 0 Å². The van der Waals surface area contributed by atoms with Crippen LogP contribution in [0.15, 0.2) is 29.3 Å². The maximum atomic E-state index is 12.5. The number of alkyl halides is 2. The van der Waals surface area contributed by atoms with Crippen molar-refractivity contribution in [2.45, 2.75) is 26.0 Å². The van der Waals surface area contributed by atoms with E-state index in [1.54, 1.807) is 25.2 Å². The molecule has 1 aliphatic heterocycles. The second-order valence-electron chi connectivity index (χ2n) is 6.40. The van der Waals surface area contributed by atoms with E-state index in [4.69, 9.17) is 0 Å². The molecule has 0 amide bonds. The molecule has 1 aliphatic rings. The first-order valence-electron chi connectivity index (χ1n) is 8.72. The van der Waals surface area contributed by atoms with Gasteiger partial charge in [-0.15, -0.1) is 24.0 Å². The number of sulfonamides is 1. The number of nitrogens with one attached hydrogen (secondary N) is 2. The van der Waals surface area contributed by atoms with Crippen LogP contribution in [0.2, 0.25) is 0 Å². The van der Waals surface area contributed by atoms with Gasteiger partial charge in [0.15, 0.2) is 5.96 Å². The zero-order chi connectivity index (χ0) is 19.9. The Labute approximate surface area is 182 Å². The van der Waals surface area contributed by atoms with Crippen molar-refractivity contribution in [2.24, 2.45) is 10.9 Å². The third-order valence-corrected chi connectivity index (χ3v) is 5.76. The second-order valence-corrected chi connectivity index (χ2v) is 8.38. The molecular formula is C17H27F2IN4O3S. The van der Waals surface area contributed by atoms with E-state index in [2.05, 4.69) is 20.4 Å². The van der Waals surface area contributed by atoms with Crippen LogP contribution in [-0.4, -0.2) is 58.2 Å². The highest BCUT2D eigenvalue weighted by Crippen LogP contribution is 2.20. The Bertz CT molecular complexity index is 742. The van der Waals surface area contributed by atoms with E-state index in [1.165, 1.54) is 16.6 Å². The van der Waals surface area contributed by atoms with Crippen molar-refractivity contribution < 1.29 is 21.9 Å². The Kier molecular flexibility index (Phi) is 10.4. The van der Waals surface area contributed by atoms with Crippen molar-refractivity contribution >= 4 is 40.0 Å². The number of aliphatic imine (C=N–C) groups is 1. The first-order valence-corrected chi connectivity index (χ1v) is 10.6. The summed E-state index contributed by atoms with van der Waals surface area (Å²) in [4.78, 5) is 4.13. The lowest BCUT2D eigenvalue weighted by Crippen LogP contribution is -2.43. The van der Waals surface area contributed by atoms with Gasteiger partial charge in [-0.05, 0) is 24.8 Å². The highest BCUT2D eigenvalue weighted by Gasteiger charge is 2.24. The number of guanidine groups is 1. The zero-order valence-electron chi connectivity index (χ0n) is 15.9. The summed E-state index contributed by atoms with van der Waals surface area (Å²) in [6.45, 7) is -0.881. The van der Waals surface area contributed by atoms with E-state index >= 15 is 0 Å². The van der Waals surface area contributed by atoms with Crippen LogP contribution in [0.5, 0.6) is 5.75 Å². The molecule has 0 aliphatic carbocycles. The fraction of sp³-hybridized carbons (Fsp3) is 0.588. The van der Waals surface area contributed by atoms with E-state index in [1.807, 2.05) is 0 Å². The summed E-state index contributed by atoms with van der Waals surface area (Å²) in [6.07, 6.45) is 2.79. The lowest BCUT2D eigenvalue weighted by Gasteiger charge is -2.30. The molecule has 1 saturated heterocycles. The number of para-hydroxylation sites is 1. The molecule has 1 heterocycles. The Hall–Kier alpha value is -1.21. The van der Waals surface area contributed by atoms with E-state index in [0.717, 1.165) is 12.8 Å². The van der Waals surface area contributed by atoms with Gasteiger partial charge < -0.3 is 15.4 Å². The number of hydrogen-bond donors (Lipinski definition) is 2. The number of benzene rings is 1. The van der Waals surface area contributed by atoms with Crippen LogP contribution in [0.1, 0.15) is 18.4 Å². The first-order chi connectivity index (χ1) is 12.8. The van der Waals surface area contributed by atoms with Crippen LogP contribution < -0.4 is 15.4 Å². The predicted octanol–water partition coefficient (Wildman–Crippen LogP) is 2.24. The Morgan fingerprint density at radius 3 is 2.50 bits per heavy atom. The molecule has 0 aromatic heterocycles. The number of piperidine rings is 1. The van der Waals surface area contributed by atoms with Crippen molar-refractivity contribution in [1.29, 1.82) is 0 Å². The number of rotatable bonds is 7. The minimum Gasteiger partial charge on any atom is -0.434 e. The molecule has 11 heteroatoms. The maximum Gasteiger partial charge on any atom is 0.387 e. The first kappa shape index (κ1) is 24.8. The van der Waals surface area contributed by atoms with Gasteiger partial charge >= 0.3 is 6.61 Å². The molecule has 2 N–H and O–H groups in total. The van der Waals surface area contributed by atoms with Crippen LogP contribution in [0.3, 0.4) is 0 Å². The van der Waals surface area contributed by atoms with Gasteiger partial charge in [-0.25, -0.2) is 12.7 Å². The van der Waals surface area contributed by atoms with Gasteiger partial charge in [-0.2, -0.15) is 8.78 Å². The lowest BCUT2D eigenvalue weighted by atomic mass is 9.98. The molecule has 0 saturated carbocycles. The lowest BCUT2D eigenvalue weighted by molar-refractivity contribution is -0.0504. The Morgan fingerprint density at radius 2 is 1.93 bits per heavy atom. The topological polar surface area (TPSA) is 83.0 Å². The van der Waals surface area contributed by atoms with Crippen LogP contribution in [0, 0.1) is 5.92 Å². The van der Waals surface area contributed by atoms with Crippen molar-refractivity contribution in [3.63, 3.8) is 0 Å². The van der Waals surface area contributed by atoms with Gasteiger partial charge in [0, 0.05) is 38.8 Å². The maximum absolute atomic E-state index is 12.5. The van der Waals surface area contributed by atoms with E-state index in [-0.39, 0.29) is 36.3 Å². The summed E-state index contributed by atoms with van der Waals surface area (Å²) in [7, 11) is -1.50. The minimum atomic E-state index is -3.13. The van der Waals surface area contributed by atoms with Gasteiger partial charge in [-0.3, -0.25) is 4.99 Å². The predicted molar refractivity (Wildman–Crippen MR) is 116 cm³/mol. The molecule has 0 spiro atoms. The van der Waals surface area contributed by atoms with E-state index in [0.29, 0.717) is 37.1 Å². The summed E-state index contributed by atoms with van der Waals surface area (Å²) in [6, 6.07) is 6.59. The molecule has 160 valence electrons. The van der Waals surface area contributed by atoms with Crippen LogP contribution in [-0.2, 0) is 16.6 Å². The van der Waals surface area contributed by atoms with Gasteiger partial charge in [0.05, 0.1) is 6.26 Å². The molecule has 0 radical (unpaired) electrons. The average Bonchev–Trinajstić information content (AvgIpc) is 2.62. The summed E-state index contributed by atoms with van der Waals surface area (Å²) in [5.74, 6) is 1.02. The van der Waals surface area contributed by atoms with Crippen LogP contribution >= 0.6 is 24.0 Å². The highest BCUT2D eigenvalue weighted by atomic mass is 127. The van der Waals surface area contributed by atoms with E-state index < -0.39 is 16.6 Å². The fourth-order valence-corrected chi connectivity index (χ4v) is 3.82. The van der Waals surface area contributed by atoms with Crippen molar-refractivity contribution in [1.82, 2.24) is 14.9 Å². The summed E-state index contributed by atoms with van der Waals surface area (Å²) in [5.41, 5.74) is 0.599. The second kappa shape index (κ2) is 11.7. The summed E-state index contributed by atoms with van der Waals surface area (Å²) >= 11 is 0. The van der Waals surface area contributed by atoms with Gasteiger partial charge in [0.2, 0.25) is 10.0 Å². The van der Waals surface area contributed by atoms with Crippen molar-refractivity contribution in [2.75, 3.05) is 32.9 Å². The molecule has 1 fully saturated rings. The minimum absolute atomic E-state index is 0. The average molecular weight is 532 g/mol. The molecule has 0 atom stereocenters. The Morgan fingerprint density at radius 1 is 1.29 bits per heavy atom. The number of hydrogen-bond acceptors (Lipinski definition) is 4. The number of ether oxygens (including phenoxy) is 1. The van der Waals surface area contributed by atoms with Crippen molar-refractivity contribution in [3.05, 3.63) is 29.8 Å².